The van der Waals surface area contributed by atoms with Gasteiger partial charge in [0.2, 0.25) is 0 Å². The number of fused-ring (bicyclic) bond motifs is 1. The molecule has 1 aromatic heterocycles. The molecule has 0 bridgehead atoms. The number of hydrazone groups is 1. The Kier molecular flexibility index (Phi) is 4.13. The number of halogens is 2. The Bertz CT molecular complexity index is 850. The second-order valence-electron chi connectivity index (χ2n) is 4.58. The van der Waals surface area contributed by atoms with Crippen molar-refractivity contribution in [3.8, 4) is 0 Å². The molecule has 0 aliphatic heterocycles. The summed E-state index contributed by atoms with van der Waals surface area (Å²) in [7, 11) is 0. The first-order valence-corrected chi connectivity index (χ1v) is 7.26. The average Bonchev–Trinajstić information content (AvgIpc) is 2.94. The summed E-state index contributed by atoms with van der Waals surface area (Å²) >= 11 is 12.1. The van der Waals surface area contributed by atoms with Gasteiger partial charge in [0.15, 0.2) is 0 Å². The van der Waals surface area contributed by atoms with E-state index in [0.29, 0.717) is 21.2 Å². The highest BCUT2D eigenvalue weighted by Crippen LogP contribution is 2.22. The van der Waals surface area contributed by atoms with Gasteiger partial charge in [0.25, 0.3) is 5.91 Å². The highest BCUT2D eigenvalue weighted by atomic mass is 35.5. The zero-order chi connectivity index (χ0) is 15.5. The van der Waals surface area contributed by atoms with Gasteiger partial charge >= 0.3 is 0 Å². The molecular formula is C16H11Cl2N3O. The molecule has 0 aliphatic carbocycles. The molecule has 2 aromatic carbocycles. The zero-order valence-corrected chi connectivity index (χ0v) is 12.8. The lowest BCUT2D eigenvalue weighted by Gasteiger charge is -2.01. The van der Waals surface area contributed by atoms with Crippen LogP contribution in [0.4, 0.5) is 0 Å². The first-order valence-electron chi connectivity index (χ1n) is 6.50. The number of nitrogens with zero attached hydrogens (tertiary/aromatic N) is 1. The second-order valence-corrected chi connectivity index (χ2v) is 5.40. The van der Waals surface area contributed by atoms with Crippen LogP contribution in [0.15, 0.2) is 53.8 Å². The van der Waals surface area contributed by atoms with Crippen molar-refractivity contribution in [1.82, 2.24) is 10.4 Å². The number of rotatable bonds is 3. The Morgan fingerprint density at radius 1 is 1.09 bits per heavy atom. The van der Waals surface area contributed by atoms with Gasteiger partial charge in [-0.3, -0.25) is 4.79 Å². The molecule has 0 saturated heterocycles. The van der Waals surface area contributed by atoms with Crippen LogP contribution in [0.2, 0.25) is 10.0 Å². The number of hydrogen-bond acceptors (Lipinski definition) is 2. The number of amides is 1. The van der Waals surface area contributed by atoms with E-state index in [0.717, 1.165) is 10.9 Å². The number of hydrogen-bond donors (Lipinski definition) is 2. The summed E-state index contributed by atoms with van der Waals surface area (Å²) in [6.45, 7) is 0. The molecule has 0 spiro atoms. The first kappa shape index (κ1) is 14.6. The fraction of sp³-hybridized carbons (Fsp3) is 0. The lowest BCUT2D eigenvalue weighted by Crippen LogP contribution is -2.17. The van der Waals surface area contributed by atoms with Crippen LogP contribution in [0.25, 0.3) is 10.9 Å². The van der Waals surface area contributed by atoms with Crippen LogP contribution in [0.3, 0.4) is 0 Å². The third-order valence-electron chi connectivity index (χ3n) is 3.19. The van der Waals surface area contributed by atoms with Gasteiger partial charge in [-0.1, -0.05) is 47.5 Å². The lowest BCUT2D eigenvalue weighted by atomic mass is 10.2. The maximum Gasteiger partial charge on any atom is 0.273 e. The summed E-state index contributed by atoms with van der Waals surface area (Å²) in [6.07, 6.45) is 3.08. The average molecular weight is 332 g/mol. The molecule has 22 heavy (non-hydrogen) atoms. The number of para-hydroxylation sites is 1. The standard InChI is InChI=1S/C16H11Cl2N3O/c17-13-5-3-6-14(18)12(13)9-20-21-16(22)11-8-19-15-7-2-1-4-10(11)15/h1-9,19H,(H,21,22). The van der Waals surface area contributed by atoms with Gasteiger partial charge in [0, 0.05) is 22.7 Å². The predicted molar refractivity (Wildman–Crippen MR) is 89.8 cm³/mol. The van der Waals surface area contributed by atoms with Crippen molar-refractivity contribution >= 4 is 46.2 Å². The summed E-state index contributed by atoms with van der Waals surface area (Å²) in [5, 5.41) is 5.70. The molecule has 0 fully saturated rings. The number of nitrogens with one attached hydrogen (secondary N) is 2. The Morgan fingerprint density at radius 2 is 1.82 bits per heavy atom. The minimum atomic E-state index is -0.308. The minimum Gasteiger partial charge on any atom is -0.360 e. The fourth-order valence-electron chi connectivity index (χ4n) is 2.11. The molecule has 4 nitrogen and oxygen atoms in total. The van der Waals surface area contributed by atoms with Gasteiger partial charge in [0.05, 0.1) is 21.8 Å². The van der Waals surface area contributed by atoms with E-state index < -0.39 is 0 Å². The number of carbonyl (C=O) groups excluding carboxylic acids is 1. The quantitative estimate of drug-likeness (QED) is 0.547. The topological polar surface area (TPSA) is 57.2 Å². The number of H-pyrrole nitrogens is 1. The van der Waals surface area contributed by atoms with E-state index >= 15 is 0 Å². The van der Waals surface area contributed by atoms with Crippen LogP contribution in [0.5, 0.6) is 0 Å². The molecule has 110 valence electrons. The van der Waals surface area contributed by atoms with Crippen molar-refractivity contribution in [3.63, 3.8) is 0 Å². The Labute approximate surface area is 136 Å². The van der Waals surface area contributed by atoms with Crippen LogP contribution in [-0.2, 0) is 0 Å². The molecule has 0 atom stereocenters. The van der Waals surface area contributed by atoms with E-state index in [2.05, 4.69) is 15.5 Å². The van der Waals surface area contributed by atoms with Crippen LogP contribution in [-0.4, -0.2) is 17.1 Å². The summed E-state index contributed by atoms with van der Waals surface area (Å²) in [4.78, 5) is 15.2. The summed E-state index contributed by atoms with van der Waals surface area (Å²) in [6, 6.07) is 12.7. The van der Waals surface area contributed by atoms with Crippen molar-refractivity contribution < 1.29 is 4.79 Å². The van der Waals surface area contributed by atoms with E-state index in [-0.39, 0.29) is 5.91 Å². The number of aromatic amines is 1. The first-order chi connectivity index (χ1) is 10.7. The van der Waals surface area contributed by atoms with E-state index in [9.17, 15) is 4.79 Å². The molecule has 3 rings (SSSR count). The van der Waals surface area contributed by atoms with E-state index in [1.54, 1.807) is 24.4 Å². The molecule has 6 heteroatoms. The van der Waals surface area contributed by atoms with Crippen molar-refractivity contribution in [2.45, 2.75) is 0 Å². The third-order valence-corrected chi connectivity index (χ3v) is 3.85. The lowest BCUT2D eigenvalue weighted by molar-refractivity contribution is 0.0957. The molecule has 3 aromatic rings. The molecule has 0 saturated carbocycles. The number of carbonyl (C=O) groups is 1. The highest BCUT2D eigenvalue weighted by Gasteiger charge is 2.10. The summed E-state index contributed by atoms with van der Waals surface area (Å²) in [5.41, 5.74) is 4.45. The van der Waals surface area contributed by atoms with Crippen LogP contribution < -0.4 is 5.43 Å². The SMILES string of the molecule is O=C(NN=Cc1c(Cl)cccc1Cl)c1c[nH]c2ccccc12. The van der Waals surface area contributed by atoms with Crippen molar-refractivity contribution in [3.05, 3.63) is 69.8 Å². The fourth-order valence-corrected chi connectivity index (χ4v) is 2.60. The number of benzene rings is 2. The van der Waals surface area contributed by atoms with Gasteiger partial charge in [-0.05, 0) is 18.2 Å². The Morgan fingerprint density at radius 3 is 2.59 bits per heavy atom. The molecule has 1 heterocycles. The minimum absolute atomic E-state index is 0.308. The monoisotopic (exact) mass is 331 g/mol. The van der Waals surface area contributed by atoms with E-state index in [1.165, 1.54) is 6.21 Å². The van der Waals surface area contributed by atoms with Crippen LogP contribution in [0, 0.1) is 0 Å². The van der Waals surface area contributed by atoms with Crippen molar-refractivity contribution in [2.24, 2.45) is 5.10 Å². The van der Waals surface area contributed by atoms with Gasteiger partial charge in [-0.25, -0.2) is 5.43 Å². The predicted octanol–water partition coefficient (Wildman–Crippen LogP) is 4.24. The smallest absolute Gasteiger partial charge is 0.273 e. The summed E-state index contributed by atoms with van der Waals surface area (Å²) in [5.74, 6) is -0.308. The van der Waals surface area contributed by atoms with Gasteiger partial charge < -0.3 is 4.98 Å². The largest absolute Gasteiger partial charge is 0.360 e. The highest BCUT2D eigenvalue weighted by molar-refractivity contribution is 6.38. The Balaban J connectivity index is 1.79. The Hall–Kier alpha value is -2.30. The second kappa shape index (κ2) is 6.22. The molecule has 0 aliphatic rings. The molecule has 2 N–H and O–H groups in total. The van der Waals surface area contributed by atoms with Crippen molar-refractivity contribution in [2.75, 3.05) is 0 Å². The molecular weight excluding hydrogens is 321 g/mol. The van der Waals surface area contributed by atoms with Crippen molar-refractivity contribution in [1.29, 1.82) is 0 Å². The molecule has 0 unspecified atom stereocenters. The van der Waals surface area contributed by atoms with Crippen LogP contribution >= 0.6 is 23.2 Å². The van der Waals surface area contributed by atoms with E-state index in [4.69, 9.17) is 23.2 Å². The summed E-state index contributed by atoms with van der Waals surface area (Å²) < 4.78 is 0. The molecule has 1 amide bonds. The van der Waals surface area contributed by atoms with E-state index in [1.807, 2.05) is 24.3 Å². The van der Waals surface area contributed by atoms with Gasteiger partial charge in [0.1, 0.15) is 0 Å². The maximum absolute atomic E-state index is 12.2. The van der Waals surface area contributed by atoms with Crippen LogP contribution in [0.1, 0.15) is 15.9 Å². The molecule has 0 radical (unpaired) electrons. The third kappa shape index (κ3) is 2.84. The zero-order valence-electron chi connectivity index (χ0n) is 11.3. The normalized spacial score (nSPS) is 11.2. The van der Waals surface area contributed by atoms with Gasteiger partial charge in [-0.2, -0.15) is 5.10 Å². The maximum atomic E-state index is 12.2. The number of aromatic nitrogens is 1. The van der Waals surface area contributed by atoms with Gasteiger partial charge in [-0.15, -0.1) is 0 Å².